The number of rotatable bonds is 18. The van der Waals surface area contributed by atoms with Gasteiger partial charge in [-0.1, -0.05) is 104 Å². The number of ether oxygens (including phenoxy) is 7. The quantitative estimate of drug-likeness (QED) is 0.0587. The summed E-state index contributed by atoms with van der Waals surface area (Å²) in [5.41, 5.74) is 4.81. The Bertz CT molecular complexity index is 5230. The maximum absolute atomic E-state index is 16.3. The first-order valence-corrected chi connectivity index (χ1v) is 39.3. The highest BCUT2D eigenvalue weighted by atomic mass is 35.5. The molecule has 18 atom stereocenters. The Balaban J connectivity index is 0.973. The van der Waals surface area contributed by atoms with E-state index in [1.165, 1.54) is 33.0 Å². The van der Waals surface area contributed by atoms with E-state index in [1.54, 1.807) is 0 Å². The van der Waals surface area contributed by atoms with Crippen molar-refractivity contribution in [2.75, 3.05) is 26.8 Å². The predicted octanol–water partition coefficient (Wildman–Crippen LogP) is 2.80. The van der Waals surface area contributed by atoms with Crippen LogP contribution >= 0.6 is 23.2 Å². The molecule has 2 saturated heterocycles. The number of carbonyl (C=O) groups is 10. The molecule has 21 N–H and O–H groups in total. The largest absolute Gasteiger partial charge is 0.508 e. The highest BCUT2D eigenvalue weighted by Crippen LogP contribution is 2.51. The van der Waals surface area contributed by atoms with Crippen LogP contribution in [-0.4, -0.2) is 216 Å². The zero-order chi connectivity index (χ0) is 87.8. The number of amides is 9. The maximum Gasteiger partial charge on any atom is 0.407 e. The maximum atomic E-state index is 16.3. The molecule has 1 aliphatic carbocycles. The van der Waals surface area contributed by atoms with Crippen LogP contribution in [0.5, 0.6) is 46.0 Å². The third-order valence-electron chi connectivity index (χ3n) is 21.9. The van der Waals surface area contributed by atoms with E-state index in [1.807, 2.05) is 62.4 Å². The minimum atomic E-state index is -2.42. The number of hydrogen-bond donors (Lipinski definition) is 20. The normalized spacial score (nSPS) is 26.6. The van der Waals surface area contributed by atoms with Crippen molar-refractivity contribution in [1.82, 2.24) is 47.9 Å². The van der Waals surface area contributed by atoms with Crippen molar-refractivity contribution in [2.45, 2.75) is 162 Å². The van der Waals surface area contributed by atoms with Crippen LogP contribution in [0.15, 0.2) is 127 Å². The smallest absolute Gasteiger partial charge is 0.407 e. The Morgan fingerprint density at radius 1 is 0.656 bits per heavy atom. The summed E-state index contributed by atoms with van der Waals surface area (Å²) in [6, 6.07) is 14.1. The van der Waals surface area contributed by atoms with Gasteiger partial charge in [0.1, 0.15) is 115 Å². The first-order valence-electron chi connectivity index (χ1n) is 38.6. The van der Waals surface area contributed by atoms with Crippen molar-refractivity contribution >= 4 is 82.5 Å². The van der Waals surface area contributed by atoms with Crippen LogP contribution < -0.4 is 67.8 Å². The molecule has 11 bridgehead atoms. The second kappa shape index (κ2) is 36.4. The Labute approximate surface area is 704 Å². The fourth-order valence-corrected chi connectivity index (χ4v) is 16.2. The van der Waals surface area contributed by atoms with Gasteiger partial charge >= 0.3 is 12.1 Å². The molecule has 0 aromatic heterocycles. The van der Waals surface area contributed by atoms with Crippen LogP contribution in [0.4, 0.5) is 4.79 Å². The molecule has 9 amide bonds. The van der Waals surface area contributed by atoms with Gasteiger partial charge in [0, 0.05) is 29.5 Å². The predicted molar refractivity (Wildman–Crippen MR) is 426 cm³/mol. The average Bonchev–Trinajstić information content (AvgIpc) is 1.57. The fraction of sp³-hybridized carbons (Fsp3) is 0.373. The summed E-state index contributed by atoms with van der Waals surface area (Å²) in [5.74, 6) is -18.1. The van der Waals surface area contributed by atoms with Gasteiger partial charge in [-0.05, 0) is 138 Å². The van der Waals surface area contributed by atoms with E-state index in [-0.39, 0.29) is 41.7 Å². The van der Waals surface area contributed by atoms with Crippen molar-refractivity contribution in [3.63, 3.8) is 0 Å². The number of nitrogens with two attached hydrogens (primary N) is 1. The van der Waals surface area contributed by atoms with Crippen molar-refractivity contribution in [3.8, 4) is 68.2 Å². The zero-order valence-electron chi connectivity index (χ0n) is 65.6. The summed E-state index contributed by atoms with van der Waals surface area (Å²) in [6.45, 7) is 4.28. The molecule has 646 valence electrons. The van der Waals surface area contributed by atoms with Crippen molar-refractivity contribution in [1.29, 1.82) is 0 Å². The number of phenolic OH excluding ortho intramolecular Hbond substituents is 3. The number of primary amides is 1. The highest BCUT2D eigenvalue weighted by molar-refractivity contribution is 6.32. The SMILES string of the molecule is CN[C@H](CC(C)C)C(=O)N[C@H]1C(=O)N[C@@H](CC(N)=O)C(=O)N[C@H]2C(=O)N[C@H]3C(=O)N[C@H](C(=O)N[C@H](C(=O)NCC(=O)O)c4cc(O)cc(O)c4-c4cc3ccc4O)[C@H](O)c3ccc(c(Cl)c3)Oc3cc2cc(c3O[C@@H]2O[C@@H](CO)[C@@H](O)[C@H](O)[C@@H]2O[C@H]2C[C@](C)(NC(=O)OCC3c4ccccc4-c4ccccc43)[C@H](O)[C@H](C)O2)Oc2ccc(cc2Cl)[C@H]1O. The number of aliphatic hydroxyl groups excluding tert-OH is 6. The number of carboxylic acids is 1. The van der Waals surface area contributed by atoms with Crippen LogP contribution in [-0.2, 0) is 62.1 Å². The lowest BCUT2D eigenvalue weighted by atomic mass is 9.85. The molecule has 2 fully saturated rings. The number of aliphatic carboxylic acids is 1. The zero-order valence-corrected chi connectivity index (χ0v) is 67.1. The van der Waals surface area contributed by atoms with E-state index in [4.69, 9.17) is 62.1 Å². The van der Waals surface area contributed by atoms with E-state index < -0.39 is 273 Å². The topological polar surface area (TPSA) is 572 Å². The molecule has 37 nitrogen and oxygen atoms in total. The third kappa shape index (κ3) is 18.4. The number of carbonyl (C=O) groups excluding carboxylic acids is 9. The molecule has 15 rings (SSSR count). The lowest BCUT2D eigenvalue weighted by Gasteiger charge is -2.48. The molecule has 7 heterocycles. The Kier molecular flexibility index (Phi) is 26.2. The van der Waals surface area contributed by atoms with E-state index in [0.29, 0.717) is 0 Å². The van der Waals surface area contributed by atoms with Gasteiger partial charge in [0.25, 0.3) is 0 Å². The van der Waals surface area contributed by atoms with Crippen LogP contribution in [0, 0.1) is 5.92 Å². The van der Waals surface area contributed by atoms with Gasteiger partial charge in [-0.25, -0.2) is 4.79 Å². The molecule has 7 aromatic carbocycles. The van der Waals surface area contributed by atoms with E-state index in [2.05, 4.69) is 47.9 Å². The molecule has 0 spiro atoms. The molecule has 0 unspecified atom stereocenters. The van der Waals surface area contributed by atoms with E-state index in [0.717, 1.165) is 89.0 Å². The van der Waals surface area contributed by atoms with Crippen molar-refractivity contribution in [3.05, 3.63) is 176 Å². The number of halogens is 2. The monoisotopic (exact) mass is 1730 g/mol. The standard InChI is InChI=1S/C83H88Cl2N10O27/c1-33(2)20-49(87-5)74(108)93-65-67(103)36-15-18-53(47(84)22-36)118-55-24-38-25-56(71(55)122-81-72(70(106)69(105)57(31-96)120-81)121-60-29-83(4,73(107)34(3)117-60)95-82(115)116-32-46-42-12-8-6-10-40(42)41-11-7-9-13-43(41)46)119-54-19-16-37(23-48(54)85)68(104)66-80(114)92-64(76(110)88-30-59(101)102)45-26-39(97)27-52(99)61(45)44-21-35(14-17-51(44)98)62(77(111)94-66)91-78(112)63(38)90-75(109)50(28-58(86)100)89-79(65)113/h6-19,21-27,33-34,46,49-50,57,60,62-70,72-73,81,87,96-99,103-107H,20,28-32H2,1-5H3,(H2,86,100)(H,88,110)(H,89,113)(H,90,109)(H,91,112)(H,92,114)(H,93,108)(H,94,111)(H,95,115)(H,101,102)/t34-,49+,50-,57-,60-,62+,63+,64-,65+,66-,67+,68+,69+,70-,72-,73+,81-,83-/m0/s1. The number of aromatic hydroxyl groups is 3. The lowest BCUT2D eigenvalue weighted by Crippen LogP contribution is -2.66. The van der Waals surface area contributed by atoms with Gasteiger partial charge in [-0.3, -0.25) is 43.2 Å². The Morgan fingerprint density at radius 2 is 1.26 bits per heavy atom. The number of hydrogen-bond acceptors (Lipinski definition) is 27. The highest BCUT2D eigenvalue weighted by Gasteiger charge is 2.53. The molecule has 7 aromatic rings. The van der Waals surface area contributed by atoms with Crippen LogP contribution in [0.2, 0.25) is 10.0 Å². The first-order chi connectivity index (χ1) is 58.0. The third-order valence-corrected chi connectivity index (χ3v) is 22.5. The fourth-order valence-electron chi connectivity index (χ4n) is 15.7. The number of nitrogens with one attached hydrogen (secondary N) is 9. The molecular weight excluding hydrogens is 1640 g/mol. The summed E-state index contributed by atoms with van der Waals surface area (Å²) in [7, 11) is 1.46. The summed E-state index contributed by atoms with van der Waals surface area (Å²) in [6.07, 6.45) is -21.2. The summed E-state index contributed by atoms with van der Waals surface area (Å²) in [4.78, 5) is 146. The van der Waals surface area contributed by atoms with Gasteiger partial charge < -0.3 is 138 Å². The number of carboxylic acid groups (broad SMARTS) is 1. The molecule has 39 heteroatoms. The minimum absolute atomic E-state index is 0.127. The summed E-state index contributed by atoms with van der Waals surface area (Å²) < 4.78 is 45.2. The van der Waals surface area contributed by atoms with Crippen LogP contribution in [0.1, 0.15) is 122 Å². The molecule has 0 radical (unpaired) electrons. The molecular formula is C83H88Cl2N10O27. The number of alkyl carbamates (subject to hydrolysis) is 1. The molecule has 0 saturated carbocycles. The van der Waals surface area contributed by atoms with Gasteiger partial charge in [0.15, 0.2) is 23.9 Å². The van der Waals surface area contributed by atoms with Crippen molar-refractivity contribution in [2.24, 2.45) is 11.7 Å². The summed E-state index contributed by atoms with van der Waals surface area (Å²) >= 11 is 14.3. The average molecular weight is 1730 g/mol. The number of benzene rings is 7. The van der Waals surface area contributed by atoms with E-state index in [9.17, 15) is 75.0 Å². The molecule has 8 aliphatic rings. The van der Waals surface area contributed by atoms with Gasteiger partial charge in [0.2, 0.25) is 59.3 Å². The first kappa shape index (κ1) is 87.8. The van der Waals surface area contributed by atoms with Crippen molar-refractivity contribution < 1.29 is 132 Å². The van der Waals surface area contributed by atoms with Crippen LogP contribution in [0.25, 0.3) is 22.3 Å². The molecule has 7 aliphatic heterocycles. The lowest BCUT2D eigenvalue weighted by molar-refractivity contribution is -0.334. The van der Waals surface area contributed by atoms with Gasteiger partial charge in [-0.15, -0.1) is 0 Å². The Hall–Kier alpha value is -12.0. The Morgan fingerprint density at radius 3 is 1.87 bits per heavy atom. The van der Waals surface area contributed by atoms with Crippen LogP contribution in [0.3, 0.4) is 0 Å². The summed E-state index contributed by atoms with van der Waals surface area (Å²) in [5, 5.41) is 138. The van der Waals surface area contributed by atoms with E-state index >= 15 is 24.0 Å². The number of fused-ring (bicyclic) bond motifs is 18. The second-order valence-corrected chi connectivity index (χ2v) is 31.7. The molecule has 122 heavy (non-hydrogen) atoms. The number of aliphatic hydroxyl groups is 6. The minimum Gasteiger partial charge on any atom is -0.508 e. The number of likely N-dealkylation sites (N-methyl/N-ethyl adjacent to an activating group) is 1. The van der Waals surface area contributed by atoms with Gasteiger partial charge in [-0.2, -0.15) is 0 Å². The number of phenols is 3. The second-order valence-electron chi connectivity index (χ2n) is 30.8. The van der Waals surface area contributed by atoms with Gasteiger partial charge in [0.05, 0.1) is 40.8 Å².